The van der Waals surface area contributed by atoms with E-state index in [9.17, 15) is 4.79 Å². The molecule has 1 amide bonds. The van der Waals surface area contributed by atoms with Gasteiger partial charge in [-0.15, -0.1) is 6.58 Å². The Labute approximate surface area is 85.3 Å². The Morgan fingerprint density at radius 1 is 1.57 bits per heavy atom. The SMILES string of the molecule is C=CCCOCCC(C)OC(=O)NC. The van der Waals surface area contributed by atoms with E-state index in [2.05, 4.69) is 11.9 Å². The maximum absolute atomic E-state index is 10.8. The minimum Gasteiger partial charge on any atom is -0.446 e. The first-order valence-electron chi connectivity index (χ1n) is 4.77. The monoisotopic (exact) mass is 201 g/mol. The zero-order valence-corrected chi connectivity index (χ0v) is 8.91. The van der Waals surface area contributed by atoms with Crippen LogP contribution < -0.4 is 5.32 Å². The van der Waals surface area contributed by atoms with Crippen LogP contribution in [0.2, 0.25) is 0 Å². The fraction of sp³-hybridized carbons (Fsp3) is 0.700. The summed E-state index contributed by atoms with van der Waals surface area (Å²) in [5, 5.41) is 2.39. The van der Waals surface area contributed by atoms with Crippen molar-refractivity contribution >= 4 is 6.09 Å². The number of nitrogens with one attached hydrogen (secondary N) is 1. The van der Waals surface area contributed by atoms with Gasteiger partial charge in [0.2, 0.25) is 0 Å². The van der Waals surface area contributed by atoms with Crippen molar-refractivity contribution in [3.05, 3.63) is 12.7 Å². The first kappa shape index (κ1) is 13.0. The molecule has 0 bridgehead atoms. The molecule has 0 radical (unpaired) electrons. The van der Waals surface area contributed by atoms with E-state index in [-0.39, 0.29) is 6.10 Å². The molecule has 0 aliphatic rings. The molecule has 1 unspecified atom stereocenters. The summed E-state index contributed by atoms with van der Waals surface area (Å²) in [6.45, 7) is 6.71. The Morgan fingerprint density at radius 3 is 2.86 bits per heavy atom. The number of ether oxygens (including phenoxy) is 2. The van der Waals surface area contributed by atoms with Gasteiger partial charge >= 0.3 is 6.09 Å². The van der Waals surface area contributed by atoms with Crippen LogP contribution in [0, 0.1) is 0 Å². The molecule has 14 heavy (non-hydrogen) atoms. The lowest BCUT2D eigenvalue weighted by Gasteiger charge is -2.12. The number of hydrogen-bond donors (Lipinski definition) is 1. The van der Waals surface area contributed by atoms with Crippen molar-refractivity contribution < 1.29 is 14.3 Å². The molecular weight excluding hydrogens is 182 g/mol. The van der Waals surface area contributed by atoms with Crippen molar-refractivity contribution in [2.45, 2.75) is 25.9 Å². The lowest BCUT2D eigenvalue weighted by molar-refractivity contribution is 0.0688. The van der Waals surface area contributed by atoms with E-state index in [1.54, 1.807) is 0 Å². The van der Waals surface area contributed by atoms with Crippen LogP contribution in [0.15, 0.2) is 12.7 Å². The van der Waals surface area contributed by atoms with Gasteiger partial charge in [0.05, 0.1) is 6.61 Å². The number of alkyl carbamates (subject to hydrolysis) is 1. The summed E-state index contributed by atoms with van der Waals surface area (Å²) in [4.78, 5) is 10.8. The summed E-state index contributed by atoms with van der Waals surface area (Å²) >= 11 is 0. The van der Waals surface area contributed by atoms with Crippen molar-refractivity contribution in [1.82, 2.24) is 5.32 Å². The van der Waals surface area contributed by atoms with Crippen molar-refractivity contribution in [3.8, 4) is 0 Å². The van der Waals surface area contributed by atoms with Gasteiger partial charge < -0.3 is 14.8 Å². The van der Waals surface area contributed by atoms with Gasteiger partial charge in [-0.3, -0.25) is 0 Å². The molecule has 1 atom stereocenters. The van der Waals surface area contributed by atoms with Crippen LogP contribution in [-0.4, -0.2) is 32.5 Å². The van der Waals surface area contributed by atoms with Crippen molar-refractivity contribution in [2.24, 2.45) is 0 Å². The summed E-state index contributed by atoms with van der Waals surface area (Å²) in [6.07, 6.45) is 2.86. The summed E-state index contributed by atoms with van der Waals surface area (Å²) in [7, 11) is 1.54. The Kier molecular flexibility index (Phi) is 7.93. The number of carbonyl (C=O) groups excluding carboxylic acids is 1. The van der Waals surface area contributed by atoms with Crippen molar-refractivity contribution in [3.63, 3.8) is 0 Å². The van der Waals surface area contributed by atoms with Crippen LogP contribution in [0.1, 0.15) is 19.8 Å². The van der Waals surface area contributed by atoms with Gasteiger partial charge in [0.15, 0.2) is 0 Å². The van der Waals surface area contributed by atoms with Gasteiger partial charge in [-0.25, -0.2) is 4.79 Å². The fourth-order valence-corrected chi connectivity index (χ4v) is 0.819. The van der Waals surface area contributed by atoms with E-state index in [1.165, 1.54) is 7.05 Å². The highest BCUT2D eigenvalue weighted by Crippen LogP contribution is 1.98. The second kappa shape index (κ2) is 8.56. The fourth-order valence-electron chi connectivity index (χ4n) is 0.819. The second-order valence-corrected chi connectivity index (χ2v) is 2.94. The average molecular weight is 201 g/mol. The van der Waals surface area contributed by atoms with Crippen LogP contribution >= 0.6 is 0 Å². The topological polar surface area (TPSA) is 47.6 Å². The maximum Gasteiger partial charge on any atom is 0.407 e. The van der Waals surface area contributed by atoms with Crippen LogP contribution in [-0.2, 0) is 9.47 Å². The number of amides is 1. The van der Waals surface area contributed by atoms with E-state index in [4.69, 9.17) is 9.47 Å². The molecule has 0 aromatic heterocycles. The highest BCUT2D eigenvalue weighted by Gasteiger charge is 2.06. The highest BCUT2D eigenvalue weighted by molar-refractivity contribution is 5.66. The molecule has 0 aliphatic heterocycles. The molecule has 0 aromatic carbocycles. The molecule has 4 heteroatoms. The summed E-state index contributed by atoms with van der Waals surface area (Å²) in [6, 6.07) is 0. The summed E-state index contributed by atoms with van der Waals surface area (Å²) in [5.74, 6) is 0. The van der Waals surface area contributed by atoms with Gasteiger partial charge in [0, 0.05) is 20.1 Å². The van der Waals surface area contributed by atoms with Crippen LogP contribution in [0.4, 0.5) is 4.79 Å². The van der Waals surface area contributed by atoms with Gasteiger partial charge in [-0.1, -0.05) is 6.08 Å². The van der Waals surface area contributed by atoms with Gasteiger partial charge in [0.1, 0.15) is 6.10 Å². The lowest BCUT2D eigenvalue weighted by atomic mass is 10.3. The van der Waals surface area contributed by atoms with E-state index in [0.717, 1.165) is 6.42 Å². The molecule has 0 heterocycles. The molecule has 82 valence electrons. The molecular formula is C10H19NO3. The van der Waals surface area contributed by atoms with E-state index in [0.29, 0.717) is 19.6 Å². The molecule has 0 saturated heterocycles. The molecule has 0 aliphatic carbocycles. The lowest BCUT2D eigenvalue weighted by Crippen LogP contribution is -2.25. The summed E-state index contributed by atoms with van der Waals surface area (Å²) < 4.78 is 10.2. The van der Waals surface area contributed by atoms with E-state index >= 15 is 0 Å². The predicted octanol–water partition coefficient (Wildman–Crippen LogP) is 1.71. The third-order valence-electron chi connectivity index (χ3n) is 1.65. The first-order valence-corrected chi connectivity index (χ1v) is 4.77. The normalized spacial score (nSPS) is 11.9. The van der Waals surface area contributed by atoms with Crippen LogP contribution in [0.5, 0.6) is 0 Å². The zero-order chi connectivity index (χ0) is 10.8. The minimum atomic E-state index is -0.399. The highest BCUT2D eigenvalue weighted by atomic mass is 16.6. The third-order valence-corrected chi connectivity index (χ3v) is 1.65. The third kappa shape index (κ3) is 7.61. The van der Waals surface area contributed by atoms with Crippen molar-refractivity contribution in [1.29, 1.82) is 0 Å². The second-order valence-electron chi connectivity index (χ2n) is 2.94. The molecule has 0 saturated carbocycles. The largest absolute Gasteiger partial charge is 0.446 e. The van der Waals surface area contributed by atoms with Crippen LogP contribution in [0.3, 0.4) is 0 Å². The smallest absolute Gasteiger partial charge is 0.407 e. The standard InChI is InChI=1S/C10H19NO3/c1-4-5-7-13-8-6-9(2)14-10(12)11-3/h4,9H,1,5-8H2,2-3H3,(H,11,12). The Hall–Kier alpha value is -1.03. The minimum absolute atomic E-state index is 0.112. The Bertz CT molecular complexity index is 171. The molecule has 4 nitrogen and oxygen atoms in total. The Morgan fingerprint density at radius 2 is 2.29 bits per heavy atom. The van der Waals surface area contributed by atoms with E-state index in [1.807, 2.05) is 13.0 Å². The van der Waals surface area contributed by atoms with Gasteiger partial charge in [-0.05, 0) is 13.3 Å². The summed E-state index contributed by atoms with van der Waals surface area (Å²) in [5.41, 5.74) is 0. The Balaban J connectivity index is 3.30. The molecule has 0 rings (SSSR count). The number of carbonyl (C=O) groups is 1. The first-order chi connectivity index (χ1) is 6.70. The van der Waals surface area contributed by atoms with E-state index < -0.39 is 6.09 Å². The molecule has 0 spiro atoms. The van der Waals surface area contributed by atoms with Gasteiger partial charge in [-0.2, -0.15) is 0 Å². The zero-order valence-electron chi connectivity index (χ0n) is 8.91. The van der Waals surface area contributed by atoms with Gasteiger partial charge in [0.25, 0.3) is 0 Å². The average Bonchev–Trinajstić information content (AvgIpc) is 2.17. The van der Waals surface area contributed by atoms with Crippen molar-refractivity contribution in [2.75, 3.05) is 20.3 Å². The maximum atomic E-state index is 10.8. The quantitative estimate of drug-likeness (QED) is 0.504. The molecule has 0 fully saturated rings. The number of hydrogen-bond acceptors (Lipinski definition) is 3. The molecule has 1 N–H and O–H groups in total. The number of rotatable bonds is 7. The molecule has 0 aromatic rings. The predicted molar refractivity (Wildman–Crippen MR) is 55.3 cm³/mol. The van der Waals surface area contributed by atoms with Crippen LogP contribution in [0.25, 0.3) is 0 Å².